The zero-order valence-corrected chi connectivity index (χ0v) is 38.0. The number of carbonyl (C=O) groups is 2. The molecule has 2 amide bonds. The number of fused-ring (bicyclic) bond motifs is 2. The fraction of sp³-hybridized carbons (Fsp3) is 0.480. The third-order valence-corrected chi connectivity index (χ3v) is 13.7. The molecule has 6 saturated heterocycles. The minimum absolute atomic E-state index is 0.0592. The second-order valence-electron chi connectivity index (χ2n) is 17.9. The monoisotopic (exact) mass is 938 g/mol. The molecule has 0 spiro atoms. The molecule has 2 unspecified atom stereocenters. The van der Waals surface area contributed by atoms with Crippen molar-refractivity contribution in [1.29, 1.82) is 0 Å². The van der Waals surface area contributed by atoms with E-state index in [0.717, 1.165) is 37.4 Å². The summed E-state index contributed by atoms with van der Waals surface area (Å²) in [4.78, 5) is 62.6. The highest BCUT2D eigenvalue weighted by Crippen LogP contribution is 2.41. The molecule has 5 aromatic rings. The molecule has 0 bridgehead atoms. The first-order valence-corrected chi connectivity index (χ1v) is 23.8. The summed E-state index contributed by atoms with van der Waals surface area (Å²) >= 11 is 0. The Morgan fingerprint density at radius 1 is 0.529 bits per heavy atom. The molecule has 0 saturated carbocycles. The van der Waals surface area contributed by atoms with Crippen molar-refractivity contribution >= 4 is 51.2 Å². The van der Waals surface area contributed by atoms with Crippen LogP contribution in [0.2, 0.25) is 0 Å². The smallest absolute Gasteiger partial charge is 0.254 e. The van der Waals surface area contributed by atoms with Gasteiger partial charge < -0.3 is 57.6 Å². The molecule has 0 radical (unpaired) electrons. The van der Waals surface area contributed by atoms with Crippen molar-refractivity contribution < 1.29 is 46.2 Å². The largest absolute Gasteiger partial charge is 0.440 e. The number of benzene rings is 3. The molecule has 3 aromatic carbocycles. The number of halogens is 2. The highest BCUT2D eigenvalue weighted by molar-refractivity contribution is 6.00. The van der Waals surface area contributed by atoms with Gasteiger partial charge in [0.05, 0.1) is 69.7 Å². The maximum absolute atomic E-state index is 14.1. The molecule has 6 aliphatic heterocycles. The summed E-state index contributed by atoms with van der Waals surface area (Å²) < 4.78 is 62.6. The summed E-state index contributed by atoms with van der Waals surface area (Å²) in [5.41, 5.74) is 3.52. The van der Waals surface area contributed by atoms with Crippen LogP contribution in [0.5, 0.6) is 0 Å². The third kappa shape index (κ3) is 9.69. The lowest BCUT2D eigenvalue weighted by Crippen LogP contribution is -2.40. The van der Waals surface area contributed by atoms with Gasteiger partial charge in [-0.1, -0.05) is 0 Å². The summed E-state index contributed by atoms with van der Waals surface area (Å²) in [7, 11) is 0. The normalized spacial score (nSPS) is 21.4. The molecule has 68 heavy (non-hydrogen) atoms. The highest BCUT2D eigenvalue weighted by Gasteiger charge is 2.33. The van der Waals surface area contributed by atoms with Crippen LogP contribution in [0.25, 0.3) is 21.9 Å². The zero-order chi connectivity index (χ0) is 46.7. The van der Waals surface area contributed by atoms with E-state index in [1.807, 2.05) is 20.8 Å². The van der Waals surface area contributed by atoms with Gasteiger partial charge in [0.25, 0.3) is 11.8 Å². The topological polar surface area (TPSA) is 160 Å². The number of anilines is 3. The first kappa shape index (κ1) is 45.8. The Balaban J connectivity index is 0.000000163. The Morgan fingerprint density at radius 2 is 1.00 bits per heavy atom. The predicted molar refractivity (Wildman–Crippen MR) is 250 cm³/mol. The van der Waals surface area contributed by atoms with Crippen molar-refractivity contribution in [2.45, 2.75) is 37.8 Å². The van der Waals surface area contributed by atoms with Gasteiger partial charge in [0.2, 0.25) is 0 Å². The molecule has 0 aliphatic carbocycles. The second-order valence-corrected chi connectivity index (χ2v) is 17.9. The summed E-state index contributed by atoms with van der Waals surface area (Å²) in [5.74, 6) is -0.547. The van der Waals surface area contributed by atoms with E-state index >= 15 is 0 Å². The van der Waals surface area contributed by atoms with Gasteiger partial charge in [-0.15, -0.1) is 0 Å². The number of rotatable bonds is 7. The molecule has 2 aromatic heterocycles. The van der Waals surface area contributed by atoms with Crippen molar-refractivity contribution in [3.05, 3.63) is 109 Å². The van der Waals surface area contributed by atoms with Gasteiger partial charge in [0.15, 0.2) is 22.6 Å². The average molecular weight is 939 g/mol. The molecule has 6 fully saturated rings. The first-order chi connectivity index (χ1) is 33.2. The lowest BCUT2D eigenvalue weighted by Gasteiger charge is -2.30. The fourth-order valence-electron chi connectivity index (χ4n) is 10.1. The van der Waals surface area contributed by atoms with Crippen LogP contribution in [0.15, 0.2) is 73.0 Å². The number of nitrogens with one attached hydrogen (secondary N) is 1. The minimum atomic E-state index is -0.659. The molecule has 8 heterocycles. The molecule has 1 N–H and O–H groups in total. The number of hydrogen-bond acceptors (Lipinski definition) is 14. The molecule has 2 atom stereocenters. The summed E-state index contributed by atoms with van der Waals surface area (Å²) in [6, 6.07) is 13.2. The maximum atomic E-state index is 14.1. The first-order valence-electron chi connectivity index (χ1n) is 23.8. The van der Waals surface area contributed by atoms with Crippen LogP contribution < -0.4 is 30.9 Å². The van der Waals surface area contributed by atoms with Crippen LogP contribution in [0.4, 0.5) is 26.2 Å². The van der Waals surface area contributed by atoms with Gasteiger partial charge >= 0.3 is 0 Å². The van der Waals surface area contributed by atoms with Crippen LogP contribution in [0.3, 0.4) is 0 Å². The molecule has 360 valence electrons. The molecule has 11 rings (SSSR count). The van der Waals surface area contributed by atoms with E-state index in [2.05, 4.69) is 5.32 Å². The Kier molecular flexibility index (Phi) is 13.7. The number of morpholine rings is 4. The number of hydrogen-bond donors (Lipinski definition) is 1. The van der Waals surface area contributed by atoms with Crippen molar-refractivity contribution in [2.24, 2.45) is 0 Å². The highest BCUT2D eigenvalue weighted by atomic mass is 19.1. The summed E-state index contributed by atoms with van der Waals surface area (Å²) in [6.07, 6.45) is 3.46. The summed E-state index contributed by atoms with van der Waals surface area (Å²) in [6.45, 7) is 10.4. The van der Waals surface area contributed by atoms with Gasteiger partial charge in [-0.2, -0.15) is 0 Å². The van der Waals surface area contributed by atoms with Gasteiger partial charge in [0.1, 0.15) is 22.8 Å². The molecular weight excluding hydrogens is 883 g/mol. The van der Waals surface area contributed by atoms with Gasteiger partial charge in [-0.05, 0) is 68.6 Å². The Hall–Kier alpha value is -5.92. The number of amides is 2. The van der Waals surface area contributed by atoms with Crippen molar-refractivity contribution in [2.75, 3.05) is 133 Å². The Labute approximate surface area is 391 Å². The van der Waals surface area contributed by atoms with Gasteiger partial charge in [0, 0.05) is 111 Å². The number of nitrogens with zero attached hydrogens (tertiary/aromatic N) is 5. The lowest BCUT2D eigenvalue weighted by atomic mass is 9.97. The minimum Gasteiger partial charge on any atom is -0.440 e. The lowest BCUT2D eigenvalue weighted by molar-refractivity contribution is 0.0301. The number of ether oxygens (including phenoxy) is 4. The molecular formula is C50H56F2N6O10. The Bertz CT molecular complexity index is 2750. The van der Waals surface area contributed by atoms with Crippen LogP contribution >= 0.6 is 0 Å². The van der Waals surface area contributed by atoms with E-state index in [4.69, 9.17) is 27.8 Å². The van der Waals surface area contributed by atoms with Gasteiger partial charge in [-0.25, -0.2) is 8.78 Å². The second kappa shape index (κ2) is 20.4. The third-order valence-electron chi connectivity index (χ3n) is 13.7. The van der Waals surface area contributed by atoms with Crippen LogP contribution in [-0.2, 0) is 18.9 Å². The van der Waals surface area contributed by atoms with E-state index < -0.39 is 11.6 Å². The maximum Gasteiger partial charge on any atom is 0.254 e. The van der Waals surface area contributed by atoms with E-state index in [1.54, 1.807) is 34.1 Å². The van der Waals surface area contributed by atoms with E-state index in [9.17, 15) is 28.0 Å². The predicted octanol–water partition coefficient (Wildman–Crippen LogP) is 5.25. The van der Waals surface area contributed by atoms with Crippen molar-refractivity contribution in [3.63, 3.8) is 0 Å². The standard InChI is InChI=1S/C28H29F2N3O5.C22H27N3O5/c29-19-14-20(30)16-21(15-19)33-3-1-2-24(33)22-12-18(28(35)32-6-10-37-11-7-32)13-23-25(34)17-26(38-27(22)23)31-4-8-36-9-5-31;26-19-14-20(24-4-8-28-9-5-24)30-21-16(18-2-1-3-23-18)12-15(13-17(19)21)22(27)25-6-10-29-11-7-25/h12-17,24H,1-11H2;12-14,18,23H,1-11H2. The van der Waals surface area contributed by atoms with Crippen LogP contribution in [0.1, 0.15) is 69.6 Å². The summed E-state index contributed by atoms with van der Waals surface area (Å²) in [5, 5.41) is 4.27. The van der Waals surface area contributed by atoms with Crippen molar-refractivity contribution in [3.8, 4) is 0 Å². The van der Waals surface area contributed by atoms with Crippen molar-refractivity contribution in [1.82, 2.24) is 15.1 Å². The quantitative estimate of drug-likeness (QED) is 0.226. The molecule has 6 aliphatic rings. The van der Waals surface area contributed by atoms with E-state index in [0.29, 0.717) is 174 Å². The molecule has 18 heteroatoms. The Morgan fingerprint density at radius 3 is 1.49 bits per heavy atom. The molecule has 16 nitrogen and oxygen atoms in total. The van der Waals surface area contributed by atoms with Gasteiger partial charge in [-0.3, -0.25) is 19.2 Å². The number of carbonyl (C=O) groups excluding carboxylic acids is 2. The van der Waals surface area contributed by atoms with E-state index in [-0.39, 0.29) is 34.8 Å². The average Bonchev–Trinajstić information content (AvgIpc) is 4.11. The SMILES string of the molecule is O=C(c1cc(C2CCCN2)c2oc(N3CCOCC3)cc(=O)c2c1)N1CCOCC1.O=C(c1cc(C2CCCN2c2cc(F)cc(F)c2)c2oc(N3CCOCC3)cc(=O)c2c1)N1CCOCC1. The van der Waals surface area contributed by atoms with Crippen LogP contribution in [0, 0.1) is 11.6 Å². The van der Waals surface area contributed by atoms with Crippen LogP contribution in [-0.4, -0.2) is 140 Å². The van der Waals surface area contributed by atoms with E-state index in [1.165, 1.54) is 18.2 Å². The zero-order valence-electron chi connectivity index (χ0n) is 38.0. The fourth-order valence-corrected chi connectivity index (χ4v) is 10.1.